The SMILES string of the molecule is CCCCCCC(OC)c1ccc(CCl)cc1. The smallest absolute Gasteiger partial charge is 0.0821 e. The van der Waals surface area contributed by atoms with E-state index in [4.69, 9.17) is 16.3 Å². The van der Waals surface area contributed by atoms with Crippen LogP contribution < -0.4 is 0 Å². The summed E-state index contributed by atoms with van der Waals surface area (Å²) in [5, 5.41) is 0. The third-order valence-electron chi connectivity index (χ3n) is 3.11. The number of unbranched alkanes of at least 4 members (excludes halogenated alkanes) is 3. The zero-order valence-corrected chi connectivity index (χ0v) is 11.7. The van der Waals surface area contributed by atoms with Crippen molar-refractivity contribution in [2.75, 3.05) is 7.11 Å². The molecule has 0 aliphatic rings. The molecular formula is C15H23ClO. The van der Waals surface area contributed by atoms with Crippen LogP contribution in [0.2, 0.25) is 0 Å². The molecule has 0 saturated heterocycles. The summed E-state index contributed by atoms with van der Waals surface area (Å²) in [5.74, 6) is 0.578. The van der Waals surface area contributed by atoms with Gasteiger partial charge in [-0.05, 0) is 17.5 Å². The van der Waals surface area contributed by atoms with Crippen LogP contribution in [-0.2, 0) is 10.6 Å². The van der Waals surface area contributed by atoms with Gasteiger partial charge in [0.2, 0.25) is 0 Å². The van der Waals surface area contributed by atoms with Gasteiger partial charge >= 0.3 is 0 Å². The van der Waals surface area contributed by atoms with Gasteiger partial charge < -0.3 is 4.74 Å². The summed E-state index contributed by atoms with van der Waals surface area (Å²) in [6, 6.07) is 8.43. The minimum atomic E-state index is 0.233. The van der Waals surface area contributed by atoms with Gasteiger partial charge in [0, 0.05) is 13.0 Å². The third kappa shape index (κ3) is 5.10. The van der Waals surface area contributed by atoms with Crippen LogP contribution in [0.4, 0.5) is 0 Å². The van der Waals surface area contributed by atoms with Crippen molar-refractivity contribution in [3.05, 3.63) is 35.4 Å². The molecule has 1 aromatic rings. The van der Waals surface area contributed by atoms with E-state index in [0.29, 0.717) is 5.88 Å². The Morgan fingerprint density at radius 3 is 2.35 bits per heavy atom. The van der Waals surface area contributed by atoms with Gasteiger partial charge in [0.25, 0.3) is 0 Å². The van der Waals surface area contributed by atoms with Crippen LogP contribution >= 0.6 is 11.6 Å². The van der Waals surface area contributed by atoms with E-state index < -0.39 is 0 Å². The molecule has 1 atom stereocenters. The molecule has 0 amide bonds. The summed E-state index contributed by atoms with van der Waals surface area (Å²) < 4.78 is 5.56. The Labute approximate surface area is 110 Å². The molecule has 1 aromatic carbocycles. The largest absolute Gasteiger partial charge is 0.377 e. The van der Waals surface area contributed by atoms with Crippen molar-refractivity contribution in [3.8, 4) is 0 Å². The molecule has 17 heavy (non-hydrogen) atoms. The number of methoxy groups -OCH3 is 1. The van der Waals surface area contributed by atoms with Crippen molar-refractivity contribution in [1.82, 2.24) is 0 Å². The van der Waals surface area contributed by atoms with E-state index >= 15 is 0 Å². The second-order valence-electron chi connectivity index (χ2n) is 4.45. The van der Waals surface area contributed by atoms with E-state index in [0.717, 1.165) is 12.0 Å². The van der Waals surface area contributed by atoms with Gasteiger partial charge in [-0.3, -0.25) is 0 Å². The number of halogens is 1. The lowest BCUT2D eigenvalue weighted by atomic mass is 10.0. The Balaban J connectivity index is 2.47. The predicted molar refractivity (Wildman–Crippen MR) is 74.5 cm³/mol. The monoisotopic (exact) mass is 254 g/mol. The van der Waals surface area contributed by atoms with E-state index in [-0.39, 0.29) is 6.10 Å². The van der Waals surface area contributed by atoms with E-state index in [1.807, 2.05) is 0 Å². The highest BCUT2D eigenvalue weighted by Crippen LogP contribution is 2.24. The summed E-state index contributed by atoms with van der Waals surface area (Å²) in [6.07, 6.45) is 6.48. The molecule has 0 bridgehead atoms. The van der Waals surface area contributed by atoms with Crippen molar-refractivity contribution in [2.45, 2.75) is 51.0 Å². The molecule has 0 aromatic heterocycles. The fourth-order valence-corrected chi connectivity index (χ4v) is 2.18. The Bertz CT molecular complexity index is 294. The lowest BCUT2D eigenvalue weighted by molar-refractivity contribution is 0.0931. The lowest BCUT2D eigenvalue weighted by Gasteiger charge is -2.16. The highest BCUT2D eigenvalue weighted by atomic mass is 35.5. The summed E-state index contributed by atoms with van der Waals surface area (Å²) in [4.78, 5) is 0. The lowest BCUT2D eigenvalue weighted by Crippen LogP contribution is -2.01. The molecule has 0 heterocycles. The summed E-state index contributed by atoms with van der Waals surface area (Å²) in [7, 11) is 1.79. The third-order valence-corrected chi connectivity index (χ3v) is 3.42. The molecule has 2 heteroatoms. The molecule has 0 saturated carbocycles. The fourth-order valence-electron chi connectivity index (χ4n) is 2.00. The van der Waals surface area contributed by atoms with Crippen LogP contribution in [-0.4, -0.2) is 7.11 Å². The molecule has 1 nitrogen and oxygen atoms in total. The highest BCUT2D eigenvalue weighted by Gasteiger charge is 2.09. The first kappa shape index (κ1) is 14.5. The van der Waals surface area contributed by atoms with Gasteiger partial charge in [0.05, 0.1) is 6.10 Å². The second kappa shape index (κ2) is 8.54. The molecule has 0 radical (unpaired) electrons. The minimum Gasteiger partial charge on any atom is -0.377 e. The van der Waals surface area contributed by atoms with Gasteiger partial charge in [-0.15, -0.1) is 11.6 Å². The first-order chi connectivity index (χ1) is 8.31. The maximum absolute atomic E-state index is 5.78. The average molecular weight is 255 g/mol. The minimum absolute atomic E-state index is 0.233. The Hall–Kier alpha value is -0.530. The highest BCUT2D eigenvalue weighted by molar-refractivity contribution is 6.17. The fraction of sp³-hybridized carbons (Fsp3) is 0.600. The summed E-state index contributed by atoms with van der Waals surface area (Å²) in [5.41, 5.74) is 2.43. The van der Waals surface area contributed by atoms with Crippen LogP contribution in [0.5, 0.6) is 0 Å². The normalized spacial score (nSPS) is 12.6. The molecule has 0 aliphatic carbocycles. The standard InChI is InChI=1S/C15H23ClO/c1-3-4-5-6-7-15(17-2)14-10-8-13(12-16)9-11-14/h8-11,15H,3-7,12H2,1-2H3. The molecule has 0 N–H and O–H groups in total. The second-order valence-corrected chi connectivity index (χ2v) is 4.72. The van der Waals surface area contributed by atoms with Crippen molar-refractivity contribution in [1.29, 1.82) is 0 Å². The quantitative estimate of drug-likeness (QED) is 0.464. The van der Waals surface area contributed by atoms with Crippen LogP contribution in [0.3, 0.4) is 0 Å². The van der Waals surface area contributed by atoms with E-state index in [9.17, 15) is 0 Å². The predicted octanol–water partition coefficient (Wildman–Crippen LogP) is 5.08. The van der Waals surface area contributed by atoms with Crippen molar-refractivity contribution < 1.29 is 4.74 Å². The topological polar surface area (TPSA) is 9.23 Å². The molecule has 0 aliphatic heterocycles. The number of hydrogen-bond donors (Lipinski definition) is 0. The Morgan fingerprint density at radius 2 is 1.82 bits per heavy atom. The first-order valence-corrected chi connectivity index (χ1v) is 7.02. The van der Waals surface area contributed by atoms with Gasteiger partial charge in [-0.1, -0.05) is 56.9 Å². The maximum Gasteiger partial charge on any atom is 0.0821 e. The summed E-state index contributed by atoms with van der Waals surface area (Å²) in [6.45, 7) is 2.23. The number of rotatable bonds is 8. The van der Waals surface area contributed by atoms with Gasteiger partial charge in [0.15, 0.2) is 0 Å². The molecular weight excluding hydrogens is 232 g/mol. The molecule has 96 valence electrons. The van der Waals surface area contributed by atoms with Crippen LogP contribution in [0.1, 0.15) is 56.3 Å². The van der Waals surface area contributed by atoms with E-state index in [1.54, 1.807) is 7.11 Å². The first-order valence-electron chi connectivity index (χ1n) is 6.49. The number of hydrogen-bond acceptors (Lipinski definition) is 1. The maximum atomic E-state index is 5.78. The van der Waals surface area contributed by atoms with Crippen LogP contribution in [0.15, 0.2) is 24.3 Å². The van der Waals surface area contributed by atoms with Crippen LogP contribution in [0.25, 0.3) is 0 Å². The van der Waals surface area contributed by atoms with E-state index in [2.05, 4.69) is 31.2 Å². The average Bonchev–Trinajstić information content (AvgIpc) is 2.39. The van der Waals surface area contributed by atoms with Gasteiger partial charge in [-0.2, -0.15) is 0 Å². The zero-order chi connectivity index (χ0) is 12.5. The van der Waals surface area contributed by atoms with Crippen molar-refractivity contribution in [3.63, 3.8) is 0 Å². The number of benzene rings is 1. The van der Waals surface area contributed by atoms with E-state index in [1.165, 1.54) is 31.2 Å². The number of alkyl halides is 1. The Kier molecular flexibility index (Phi) is 7.30. The zero-order valence-electron chi connectivity index (χ0n) is 10.9. The van der Waals surface area contributed by atoms with Gasteiger partial charge in [-0.25, -0.2) is 0 Å². The van der Waals surface area contributed by atoms with Crippen molar-refractivity contribution in [2.24, 2.45) is 0 Å². The van der Waals surface area contributed by atoms with Gasteiger partial charge in [0.1, 0.15) is 0 Å². The molecule has 1 unspecified atom stereocenters. The number of ether oxygens (including phenoxy) is 1. The molecule has 0 fully saturated rings. The van der Waals surface area contributed by atoms with Crippen molar-refractivity contribution >= 4 is 11.6 Å². The Morgan fingerprint density at radius 1 is 1.12 bits per heavy atom. The van der Waals surface area contributed by atoms with Crippen LogP contribution in [0, 0.1) is 0 Å². The molecule has 1 rings (SSSR count). The molecule has 0 spiro atoms. The summed E-state index contributed by atoms with van der Waals surface area (Å²) >= 11 is 5.78.